The van der Waals surface area contributed by atoms with Crippen LogP contribution in [0.1, 0.15) is 11.1 Å². The first-order chi connectivity index (χ1) is 9.51. The summed E-state index contributed by atoms with van der Waals surface area (Å²) in [5.74, 6) is 0. The second-order valence-electron chi connectivity index (χ2n) is 4.24. The highest BCUT2D eigenvalue weighted by Crippen LogP contribution is 2.30. The van der Waals surface area contributed by atoms with Crippen molar-refractivity contribution in [1.29, 1.82) is 0 Å². The number of hydrogen-bond acceptors (Lipinski definition) is 4. The largest absolute Gasteiger partial charge is 0.380 e. The van der Waals surface area contributed by atoms with Crippen LogP contribution in [0.3, 0.4) is 0 Å². The van der Waals surface area contributed by atoms with Gasteiger partial charge in [0.15, 0.2) is 0 Å². The van der Waals surface area contributed by atoms with Gasteiger partial charge in [0, 0.05) is 40.6 Å². The van der Waals surface area contributed by atoms with Crippen molar-refractivity contribution in [1.82, 2.24) is 9.78 Å². The number of nitro benzene ring substituents is 1. The lowest BCUT2D eigenvalue weighted by Crippen LogP contribution is -2.01. The van der Waals surface area contributed by atoms with E-state index in [1.54, 1.807) is 30.1 Å². The molecule has 0 bridgehead atoms. The van der Waals surface area contributed by atoms with E-state index in [0.717, 1.165) is 10.0 Å². The number of hydrogen-bond donors (Lipinski definition) is 1. The molecular formula is C13H13BrN4O2. The highest BCUT2D eigenvalue weighted by atomic mass is 79.9. The molecule has 2 rings (SSSR count). The highest BCUT2D eigenvalue weighted by molar-refractivity contribution is 9.10. The molecule has 1 aromatic carbocycles. The van der Waals surface area contributed by atoms with Crippen LogP contribution < -0.4 is 5.32 Å². The van der Waals surface area contributed by atoms with Crippen molar-refractivity contribution >= 4 is 33.5 Å². The molecule has 0 unspecified atom stereocenters. The second kappa shape index (κ2) is 5.87. The maximum absolute atomic E-state index is 10.9. The van der Waals surface area contributed by atoms with Crippen LogP contribution in [-0.2, 0) is 6.54 Å². The minimum Gasteiger partial charge on any atom is -0.380 e. The van der Waals surface area contributed by atoms with Gasteiger partial charge in [-0.3, -0.25) is 10.1 Å². The van der Waals surface area contributed by atoms with Crippen molar-refractivity contribution in [2.75, 3.05) is 5.32 Å². The Hall–Kier alpha value is -2.15. The summed E-state index contributed by atoms with van der Waals surface area (Å²) >= 11 is 3.40. The van der Waals surface area contributed by atoms with E-state index in [0.29, 0.717) is 17.8 Å². The van der Waals surface area contributed by atoms with Gasteiger partial charge in [-0.05, 0) is 28.9 Å². The summed E-state index contributed by atoms with van der Waals surface area (Å²) in [4.78, 5) is 10.6. The summed E-state index contributed by atoms with van der Waals surface area (Å²) in [5.41, 5.74) is 2.35. The molecule has 1 aromatic heterocycles. The van der Waals surface area contributed by atoms with Gasteiger partial charge in [-0.2, -0.15) is 5.10 Å². The first-order valence-corrected chi connectivity index (χ1v) is 6.64. The van der Waals surface area contributed by atoms with Gasteiger partial charge in [-0.1, -0.05) is 6.58 Å². The molecule has 0 saturated heterocycles. The SMILES string of the molecule is C=Cn1cc(CNc2cc([N+](=O)[O-])c(C)cc2Br)cn1. The van der Waals surface area contributed by atoms with Gasteiger partial charge in [0.05, 0.1) is 16.8 Å². The molecule has 0 spiro atoms. The average molecular weight is 337 g/mol. The summed E-state index contributed by atoms with van der Waals surface area (Å²) in [6.45, 7) is 5.84. The lowest BCUT2D eigenvalue weighted by Gasteiger charge is -2.08. The predicted octanol–water partition coefficient (Wildman–Crippen LogP) is 3.57. The normalized spacial score (nSPS) is 10.3. The molecule has 7 heteroatoms. The lowest BCUT2D eigenvalue weighted by atomic mass is 10.2. The van der Waals surface area contributed by atoms with Crippen molar-refractivity contribution in [3.05, 3.63) is 56.8 Å². The zero-order valence-corrected chi connectivity index (χ0v) is 12.4. The molecule has 0 radical (unpaired) electrons. The number of anilines is 1. The first-order valence-electron chi connectivity index (χ1n) is 5.85. The smallest absolute Gasteiger partial charge is 0.274 e. The topological polar surface area (TPSA) is 73.0 Å². The van der Waals surface area contributed by atoms with E-state index in [2.05, 4.69) is 32.9 Å². The number of aryl methyl sites for hydroxylation is 1. The maximum atomic E-state index is 10.9. The van der Waals surface area contributed by atoms with E-state index in [1.165, 1.54) is 6.07 Å². The van der Waals surface area contributed by atoms with Crippen LogP contribution >= 0.6 is 15.9 Å². The summed E-state index contributed by atoms with van der Waals surface area (Å²) in [7, 11) is 0. The average Bonchev–Trinajstić information content (AvgIpc) is 2.85. The minimum absolute atomic E-state index is 0.0949. The summed E-state index contributed by atoms with van der Waals surface area (Å²) in [6.07, 6.45) is 5.14. The van der Waals surface area contributed by atoms with E-state index < -0.39 is 0 Å². The number of rotatable bonds is 5. The monoisotopic (exact) mass is 336 g/mol. The van der Waals surface area contributed by atoms with E-state index in [-0.39, 0.29) is 10.6 Å². The van der Waals surface area contributed by atoms with Gasteiger partial charge >= 0.3 is 0 Å². The molecule has 0 aliphatic carbocycles. The van der Waals surface area contributed by atoms with E-state index in [4.69, 9.17) is 0 Å². The number of nitrogens with zero attached hydrogens (tertiary/aromatic N) is 3. The fraction of sp³-hybridized carbons (Fsp3) is 0.154. The van der Waals surface area contributed by atoms with Crippen LogP contribution in [0.4, 0.5) is 11.4 Å². The Morgan fingerprint density at radius 1 is 1.60 bits per heavy atom. The quantitative estimate of drug-likeness (QED) is 0.669. The Morgan fingerprint density at radius 2 is 2.35 bits per heavy atom. The zero-order valence-electron chi connectivity index (χ0n) is 10.8. The van der Waals surface area contributed by atoms with E-state index in [9.17, 15) is 10.1 Å². The standard InChI is InChI=1S/C13H13BrN4O2/c1-3-17-8-10(7-16-17)6-15-12-5-13(18(19)20)9(2)4-11(12)14/h3-5,7-8,15H,1,6H2,2H3. The van der Waals surface area contributed by atoms with Gasteiger partial charge in [0.25, 0.3) is 5.69 Å². The number of benzene rings is 1. The van der Waals surface area contributed by atoms with Crippen molar-refractivity contribution in [3.8, 4) is 0 Å². The van der Waals surface area contributed by atoms with Crippen molar-refractivity contribution < 1.29 is 4.92 Å². The van der Waals surface area contributed by atoms with Gasteiger partial charge in [-0.25, -0.2) is 4.68 Å². The molecule has 0 fully saturated rings. The molecule has 2 aromatic rings. The van der Waals surface area contributed by atoms with Crippen LogP contribution in [0.15, 0.2) is 35.6 Å². The van der Waals surface area contributed by atoms with Crippen LogP contribution in [0.2, 0.25) is 0 Å². The summed E-state index contributed by atoms with van der Waals surface area (Å²) in [6, 6.07) is 3.25. The Labute approximate surface area is 124 Å². The number of halogens is 1. The Bertz CT molecular complexity index is 666. The molecule has 1 heterocycles. The zero-order chi connectivity index (χ0) is 14.7. The summed E-state index contributed by atoms with van der Waals surface area (Å²) in [5, 5.41) is 18.2. The number of nitro groups is 1. The van der Waals surface area contributed by atoms with Crippen molar-refractivity contribution in [3.63, 3.8) is 0 Å². The van der Waals surface area contributed by atoms with Gasteiger partial charge < -0.3 is 5.32 Å². The van der Waals surface area contributed by atoms with Crippen molar-refractivity contribution in [2.24, 2.45) is 0 Å². The molecule has 0 saturated carbocycles. The predicted molar refractivity (Wildman–Crippen MR) is 81.5 cm³/mol. The number of nitrogens with one attached hydrogen (secondary N) is 1. The third-order valence-corrected chi connectivity index (χ3v) is 3.46. The lowest BCUT2D eigenvalue weighted by molar-refractivity contribution is -0.385. The van der Waals surface area contributed by atoms with Gasteiger partial charge in [0.2, 0.25) is 0 Å². The fourth-order valence-corrected chi connectivity index (χ4v) is 2.36. The summed E-state index contributed by atoms with van der Waals surface area (Å²) < 4.78 is 2.39. The van der Waals surface area contributed by atoms with Crippen LogP contribution in [0.5, 0.6) is 0 Å². The molecular weight excluding hydrogens is 324 g/mol. The fourth-order valence-electron chi connectivity index (χ4n) is 1.76. The molecule has 104 valence electrons. The molecule has 0 atom stereocenters. The molecule has 6 nitrogen and oxygen atoms in total. The third kappa shape index (κ3) is 3.05. The van der Waals surface area contributed by atoms with E-state index >= 15 is 0 Å². The third-order valence-electron chi connectivity index (χ3n) is 2.81. The maximum Gasteiger partial charge on any atom is 0.274 e. The molecule has 0 aliphatic rings. The van der Waals surface area contributed by atoms with Crippen LogP contribution in [0.25, 0.3) is 6.20 Å². The molecule has 20 heavy (non-hydrogen) atoms. The first kappa shape index (κ1) is 14.3. The molecule has 0 amide bonds. The van der Waals surface area contributed by atoms with Crippen LogP contribution in [0, 0.1) is 17.0 Å². The van der Waals surface area contributed by atoms with Gasteiger partial charge in [0.1, 0.15) is 0 Å². The van der Waals surface area contributed by atoms with Gasteiger partial charge in [-0.15, -0.1) is 0 Å². The Kier molecular flexibility index (Phi) is 4.19. The van der Waals surface area contributed by atoms with Crippen molar-refractivity contribution in [2.45, 2.75) is 13.5 Å². The minimum atomic E-state index is -0.386. The highest BCUT2D eigenvalue weighted by Gasteiger charge is 2.14. The molecule has 0 aliphatic heterocycles. The van der Waals surface area contributed by atoms with Crippen LogP contribution in [-0.4, -0.2) is 14.7 Å². The van der Waals surface area contributed by atoms with E-state index in [1.807, 2.05) is 6.20 Å². The Morgan fingerprint density at radius 3 is 2.95 bits per heavy atom. The molecule has 1 N–H and O–H groups in total. The Balaban J connectivity index is 2.18. The second-order valence-corrected chi connectivity index (χ2v) is 5.09. The number of aromatic nitrogens is 2.